The van der Waals surface area contributed by atoms with Crippen molar-refractivity contribution in [3.63, 3.8) is 0 Å². The molecule has 5 nitrogen and oxygen atoms in total. The Balaban J connectivity index is 2.42. The number of nitro groups is 1. The SMILES string of the molecule is CC(=O)N1CCc2c(C)cc([N+](=O)[O-])cc2C1. The lowest BCUT2D eigenvalue weighted by Gasteiger charge is -2.28. The fraction of sp³-hybridized carbons (Fsp3) is 0.417. The third kappa shape index (κ3) is 2.13. The molecular weight excluding hydrogens is 220 g/mol. The van der Waals surface area contributed by atoms with E-state index in [4.69, 9.17) is 0 Å². The van der Waals surface area contributed by atoms with Gasteiger partial charge in [0.05, 0.1) is 4.92 Å². The molecule has 0 spiro atoms. The van der Waals surface area contributed by atoms with Crippen molar-refractivity contribution in [1.82, 2.24) is 4.90 Å². The summed E-state index contributed by atoms with van der Waals surface area (Å²) in [5.41, 5.74) is 3.09. The molecule has 5 heteroatoms. The van der Waals surface area contributed by atoms with Crippen LogP contribution < -0.4 is 0 Å². The van der Waals surface area contributed by atoms with Gasteiger partial charge in [-0.15, -0.1) is 0 Å². The van der Waals surface area contributed by atoms with E-state index in [1.807, 2.05) is 6.92 Å². The zero-order chi connectivity index (χ0) is 12.6. The van der Waals surface area contributed by atoms with Crippen molar-refractivity contribution in [3.8, 4) is 0 Å². The zero-order valence-corrected chi connectivity index (χ0v) is 9.90. The highest BCUT2D eigenvalue weighted by atomic mass is 16.6. The molecule has 17 heavy (non-hydrogen) atoms. The van der Waals surface area contributed by atoms with Gasteiger partial charge in [0.1, 0.15) is 0 Å². The number of nitro benzene ring substituents is 1. The van der Waals surface area contributed by atoms with Crippen molar-refractivity contribution in [1.29, 1.82) is 0 Å². The Morgan fingerprint density at radius 3 is 2.76 bits per heavy atom. The van der Waals surface area contributed by atoms with E-state index in [2.05, 4.69) is 0 Å². The number of aryl methyl sites for hydroxylation is 1. The highest BCUT2D eigenvalue weighted by molar-refractivity contribution is 5.73. The van der Waals surface area contributed by atoms with Gasteiger partial charge in [0.25, 0.3) is 5.69 Å². The molecule has 0 aliphatic carbocycles. The summed E-state index contributed by atoms with van der Waals surface area (Å²) in [5.74, 6) is 0.0137. The first-order valence-electron chi connectivity index (χ1n) is 5.51. The lowest BCUT2D eigenvalue weighted by atomic mass is 9.94. The molecule has 1 aliphatic heterocycles. The Kier molecular flexibility index (Phi) is 2.83. The highest BCUT2D eigenvalue weighted by Crippen LogP contribution is 2.27. The van der Waals surface area contributed by atoms with E-state index >= 15 is 0 Å². The third-order valence-corrected chi connectivity index (χ3v) is 3.20. The van der Waals surface area contributed by atoms with E-state index < -0.39 is 0 Å². The van der Waals surface area contributed by atoms with Crippen molar-refractivity contribution < 1.29 is 9.72 Å². The molecule has 90 valence electrons. The lowest BCUT2D eigenvalue weighted by molar-refractivity contribution is -0.385. The van der Waals surface area contributed by atoms with Crippen molar-refractivity contribution >= 4 is 11.6 Å². The molecule has 1 aromatic carbocycles. The highest BCUT2D eigenvalue weighted by Gasteiger charge is 2.22. The first-order chi connectivity index (χ1) is 7.99. The zero-order valence-electron chi connectivity index (χ0n) is 9.90. The van der Waals surface area contributed by atoms with Gasteiger partial charge in [0, 0.05) is 32.1 Å². The molecule has 0 fully saturated rings. The number of fused-ring (bicyclic) bond motifs is 1. The molecule has 0 bridgehead atoms. The van der Waals surface area contributed by atoms with Crippen LogP contribution in [-0.2, 0) is 17.8 Å². The van der Waals surface area contributed by atoms with Gasteiger partial charge < -0.3 is 4.90 Å². The average molecular weight is 234 g/mol. The summed E-state index contributed by atoms with van der Waals surface area (Å²) in [5, 5.41) is 10.8. The second-order valence-electron chi connectivity index (χ2n) is 4.35. The molecule has 0 saturated heterocycles. The van der Waals surface area contributed by atoms with E-state index in [0.29, 0.717) is 13.1 Å². The number of rotatable bonds is 1. The molecule has 0 radical (unpaired) electrons. The van der Waals surface area contributed by atoms with Crippen LogP contribution in [0.15, 0.2) is 12.1 Å². The maximum atomic E-state index is 11.3. The van der Waals surface area contributed by atoms with E-state index in [1.54, 1.807) is 17.0 Å². The van der Waals surface area contributed by atoms with E-state index in [1.165, 1.54) is 6.92 Å². The first kappa shape index (κ1) is 11.6. The summed E-state index contributed by atoms with van der Waals surface area (Å²) >= 11 is 0. The van der Waals surface area contributed by atoms with Crippen LogP contribution in [0.4, 0.5) is 5.69 Å². The fourth-order valence-corrected chi connectivity index (χ4v) is 2.27. The number of carbonyl (C=O) groups is 1. The largest absolute Gasteiger partial charge is 0.338 e. The average Bonchev–Trinajstić information content (AvgIpc) is 2.27. The molecule has 0 saturated carbocycles. The first-order valence-corrected chi connectivity index (χ1v) is 5.51. The molecular formula is C12H14N2O3. The van der Waals surface area contributed by atoms with Crippen molar-refractivity contribution in [2.45, 2.75) is 26.8 Å². The lowest BCUT2D eigenvalue weighted by Crippen LogP contribution is -2.34. The fourth-order valence-electron chi connectivity index (χ4n) is 2.27. The van der Waals surface area contributed by atoms with Gasteiger partial charge in [-0.2, -0.15) is 0 Å². The summed E-state index contributed by atoms with van der Waals surface area (Å²) < 4.78 is 0. The standard InChI is InChI=1S/C12H14N2O3/c1-8-5-11(14(16)17)6-10-7-13(9(2)15)4-3-12(8)10/h5-6H,3-4,7H2,1-2H3. The second-order valence-corrected chi connectivity index (χ2v) is 4.35. The Bertz CT molecular complexity index is 497. The van der Waals surface area contributed by atoms with E-state index in [0.717, 1.165) is 23.1 Å². The van der Waals surface area contributed by atoms with E-state index in [9.17, 15) is 14.9 Å². The van der Waals surface area contributed by atoms with Crippen LogP contribution in [0.2, 0.25) is 0 Å². The summed E-state index contributed by atoms with van der Waals surface area (Å²) in [6, 6.07) is 3.18. The summed E-state index contributed by atoms with van der Waals surface area (Å²) in [6.45, 7) is 4.58. The Hall–Kier alpha value is -1.91. The number of hydrogen-bond acceptors (Lipinski definition) is 3. The normalized spacial score (nSPS) is 14.4. The number of amides is 1. The molecule has 1 amide bonds. The van der Waals surface area contributed by atoms with Crippen molar-refractivity contribution in [2.24, 2.45) is 0 Å². The van der Waals surface area contributed by atoms with Gasteiger partial charge >= 0.3 is 0 Å². The molecule has 0 aromatic heterocycles. The molecule has 0 N–H and O–H groups in total. The molecule has 0 atom stereocenters. The van der Waals surface area contributed by atoms with E-state index in [-0.39, 0.29) is 16.5 Å². The number of hydrogen-bond donors (Lipinski definition) is 0. The van der Waals surface area contributed by atoms with Crippen LogP contribution in [0, 0.1) is 17.0 Å². The quantitative estimate of drug-likeness (QED) is 0.550. The number of benzene rings is 1. The maximum absolute atomic E-state index is 11.3. The molecule has 1 aromatic rings. The van der Waals surface area contributed by atoms with Gasteiger partial charge in [-0.3, -0.25) is 14.9 Å². The molecule has 2 rings (SSSR count). The summed E-state index contributed by atoms with van der Waals surface area (Å²) in [7, 11) is 0. The van der Waals surface area contributed by atoms with Gasteiger partial charge in [-0.25, -0.2) is 0 Å². The summed E-state index contributed by atoms with van der Waals surface area (Å²) in [6.07, 6.45) is 0.777. The van der Waals surface area contributed by atoms with Crippen LogP contribution in [0.25, 0.3) is 0 Å². The molecule has 1 aliphatic rings. The topological polar surface area (TPSA) is 63.5 Å². The molecule has 0 unspecified atom stereocenters. The Morgan fingerprint density at radius 2 is 2.18 bits per heavy atom. The van der Waals surface area contributed by atoms with Crippen LogP contribution in [0.5, 0.6) is 0 Å². The van der Waals surface area contributed by atoms with Crippen molar-refractivity contribution in [2.75, 3.05) is 6.54 Å². The number of carbonyl (C=O) groups excluding carboxylic acids is 1. The second kappa shape index (κ2) is 4.16. The van der Waals surface area contributed by atoms with Crippen LogP contribution in [0.1, 0.15) is 23.6 Å². The van der Waals surface area contributed by atoms with Gasteiger partial charge in [-0.05, 0) is 30.0 Å². The predicted octanol–water partition coefficient (Wildman–Crippen LogP) is 1.81. The Morgan fingerprint density at radius 1 is 1.47 bits per heavy atom. The minimum atomic E-state index is -0.389. The minimum Gasteiger partial charge on any atom is -0.338 e. The summed E-state index contributed by atoms with van der Waals surface area (Å²) in [4.78, 5) is 23.4. The molecule has 1 heterocycles. The van der Waals surface area contributed by atoms with Crippen molar-refractivity contribution in [3.05, 3.63) is 38.9 Å². The smallest absolute Gasteiger partial charge is 0.270 e. The van der Waals surface area contributed by atoms with Crippen LogP contribution in [-0.4, -0.2) is 22.3 Å². The number of nitrogens with zero attached hydrogens (tertiary/aromatic N) is 2. The minimum absolute atomic E-state index is 0.0137. The van der Waals surface area contributed by atoms with Crippen LogP contribution >= 0.6 is 0 Å². The Labute approximate surface area is 99.2 Å². The number of non-ortho nitro benzene ring substituents is 1. The third-order valence-electron chi connectivity index (χ3n) is 3.20. The monoisotopic (exact) mass is 234 g/mol. The van der Waals surface area contributed by atoms with Gasteiger partial charge in [0.15, 0.2) is 0 Å². The van der Waals surface area contributed by atoms with Crippen LogP contribution in [0.3, 0.4) is 0 Å². The predicted molar refractivity (Wildman–Crippen MR) is 62.6 cm³/mol. The van der Waals surface area contributed by atoms with Gasteiger partial charge in [-0.1, -0.05) is 0 Å². The van der Waals surface area contributed by atoms with Gasteiger partial charge in [0.2, 0.25) is 5.91 Å². The maximum Gasteiger partial charge on any atom is 0.270 e.